The summed E-state index contributed by atoms with van der Waals surface area (Å²) in [7, 11) is 0. The molecular formula is C23H21N5O2S. The van der Waals surface area contributed by atoms with Crippen LogP contribution in [0.5, 0.6) is 0 Å². The molecule has 1 aliphatic heterocycles. The Kier molecular flexibility index (Phi) is 5.56. The molecule has 1 aromatic carbocycles. The van der Waals surface area contributed by atoms with Crippen LogP contribution in [-0.2, 0) is 6.54 Å². The molecule has 1 fully saturated rings. The van der Waals surface area contributed by atoms with E-state index in [-0.39, 0.29) is 5.91 Å². The summed E-state index contributed by atoms with van der Waals surface area (Å²) in [6.07, 6.45) is 3.38. The fraction of sp³-hybridized carbons (Fsp3) is 0.217. The van der Waals surface area contributed by atoms with Crippen molar-refractivity contribution >= 4 is 17.2 Å². The van der Waals surface area contributed by atoms with Crippen molar-refractivity contribution in [2.45, 2.75) is 6.54 Å². The van der Waals surface area contributed by atoms with Crippen molar-refractivity contribution in [3.05, 3.63) is 77.7 Å². The van der Waals surface area contributed by atoms with Gasteiger partial charge in [-0.1, -0.05) is 35.5 Å². The lowest BCUT2D eigenvalue weighted by Crippen LogP contribution is -2.48. The first-order chi connectivity index (χ1) is 15.3. The molecule has 0 bridgehead atoms. The summed E-state index contributed by atoms with van der Waals surface area (Å²) in [4.78, 5) is 25.8. The zero-order valence-corrected chi connectivity index (χ0v) is 17.7. The van der Waals surface area contributed by atoms with Gasteiger partial charge in [0.15, 0.2) is 11.5 Å². The number of rotatable bonds is 5. The lowest BCUT2D eigenvalue weighted by atomic mass is 10.2. The minimum absolute atomic E-state index is 0.0986. The quantitative estimate of drug-likeness (QED) is 0.478. The van der Waals surface area contributed by atoms with E-state index in [1.165, 1.54) is 0 Å². The number of pyridine rings is 1. The summed E-state index contributed by atoms with van der Waals surface area (Å²) in [5.74, 6) is 0.450. The minimum Gasteiger partial charge on any atom is -0.355 e. The van der Waals surface area contributed by atoms with Crippen molar-refractivity contribution < 1.29 is 9.32 Å². The number of hydrogen-bond donors (Lipinski definition) is 0. The highest BCUT2D eigenvalue weighted by atomic mass is 32.1. The molecule has 3 aromatic heterocycles. The van der Waals surface area contributed by atoms with E-state index in [0.717, 1.165) is 41.5 Å². The Labute approximate surface area is 184 Å². The van der Waals surface area contributed by atoms with E-state index in [1.807, 2.05) is 35.2 Å². The number of amides is 1. The van der Waals surface area contributed by atoms with Gasteiger partial charge in [0.05, 0.1) is 5.69 Å². The summed E-state index contributed by atoms with van der Waals surface area (Å²) in [5, 5.41) is 7.13. The highest BCUT2D eigenvalue weighted by Crippen LogP contribution is 2.24. The maximum atomic E-state index is 12.8. The second-order valence-electron chi connectivity index (χ2n) is 7.40. The fourth-order valence-electron chi connectivity index (χ4n) is 3.61. The van der Waals surface area contributed by atoms with E-state index in [9.17, 15) is 4.79 Å². The van der Waals surface area contributed by atoms with Crippen LogP contribution in [0.15, 0.2) is 70.8 Å². The Morgan fingerprint density at radius 3 is 2.61 bits per heavy atom. The van der Waals surface area contributed by atoms with Gasteiger partial charge in [-0.05, 0) is 12.1 Å². The van der Waals surface area contributed by atoms with Crippen LogP contribution in [0.4, 0.5) is 0 Å². The third kappa shape index (κ3) is 4.40. The summed E-state index contributed by atoms with van der Waals surface area (Å²) in [5.41, 5.74) is 3.35. The number of carbonyl (C=O) groups excluding carboxylic acids is 1. The number of hydrogen-bond acceptors (Lipinski definition) is 7. The normalized spacial score (nSPS) is 14.6. The molecule has 4 heterocycles. The molecule has 0 saturated carbocycles. The van der Waals surface area contributed by atoms with Gasteiger partial charge < -0.3 is 9.42 Å². The third-order valence-electron chi connectivity index (χ3n) is 5.29. The van der Waals surface area contributed by atoms with E-state index in [1.54, 1.807) is 29.8 Å². The zero-order chi connectivity index (χ0) is 21.0. The lowest BCUT2D eigenvalue weighted by molar-refractivity contribution is 0.0617. The van der Waals surface area contributed by atoms with Crippen LogP contribution in [0.2, 0.25) is 0 Å². The van der Waals surface area contributed by atoms with Crippen molar-refractivity contribution in [3.8, 4) is 21.9 Å². The Balaban J connectivity index is 1.17. The van der Waals surface area contributed by atoms with Crippen molar-refractivity contribution in [1.82, 2.24) is 24.9 Å². The number of benzene rings is 1. The minimum atomic E-state index is -0.0986. The van der Waals surface area contributed by atoms with Gasteiger partial charge in [0.2, 0.25) is 0 Å². The third-order valence-corrected chi connectivity index (χ3v) is 6.23. The van der Waals surface area contributed by atoms with Crippen molar-refractivity contribution in [3.63, 3.8) is 0 Å². The van der Waals surface area contributed by atoms with Crippen LogP contribution in [0, 0.1) is 0 Å². The molecule has 0 radical (unpaired) electrons. The van der Waals surface area contributed by atoms with E-state index >= 15 is 0 Å². The summed E-state index contributed by atoms with van der Waals surface area (Å²) in [6.45, 7) is 3.71. The van der Waals surface area contributed by atoms with E-state index in [0.29, 0.717) is 24.5 Å². The van der Waals surface area contributed by atoms with Crippen LogP contribution in [0.25, 0.3) is 21.9 Å². The fourth-order valence-corrected chi connectivity index (χ4v) is 4.43. The highest BCUT2D eigenvalue weighted by molar-refractivity contribution is 7.13. The average molecular weight is 432 g/mol. The van der Waals surface area contributed by atoms with Gasteiger partial charge in [0, 0.05) is 67.7 Å². The first-order valence-electron chi connectivity index (χ1n) is 10.1. The molecule has 156 valence electrons. The second-order valence-corrected chi connectivity index (χ2v) is 8.25. The van der Waals surface area contributed by atoms with Gasteiger partial charge in [0.1, 0.15) is 5.01 Å². The molecule has 0 atom stereocenters. The lowest BCUT2D eigenvalue weighted by Gasteiger charge is -2.33. The summed E-state index contributed by atoms with van der Waals surface area (Å²) < 4.78 is 5.35. The van der Waals surface area contributed by atoms with Gasteiger partial charge in [-0.25, -0.2) is 4.98 Å². The standard InChI is InChI=1S/C23H21N5O2S/c29-23(20-13-21(30-26-20)18-7-4-8-24-14-18)28-11-9-27(10-12-28)15-19-16-31-22(25-19)17-5-2-1-3-6-17/h1-8,13-14,16H,9-12,15H2. The van der Waals surface area contributed by atoms with Gasteiger partial charge in [0.25, 0.3) is 5.91 Å². The predicted molar refractivity (Wildman–Crippen MR) is 118 cm³/mol. The van der Waals surface area contributed by atoms with Gasteiger partial charge in [-0.15, -0.1) is 11.3 Å². The van der Waals surface area contributed by atoms with Gasteiger partial charge in [-0.2, -0.15) is 0 Å². The molecule has 0 spiro atoms. The highest BCUT2D eigenvalue weighted by Gasteiger charge is 2.25. The van der Waals surface area contributed by atoms with E-state index in [4.69, 9.17) is 9.51 Å². The Morgan fingerprint density at radius 1 is 1.03 bits per heavy atom. The summed E-state index contributed by atoms with van der Waals surface area (Å²) >= 11 is 1.67. The molecule has 1 saturated heterocycles. The van der Waals surface area contributed by atoms with Gasteiger partial charge >= 0.3 is 0 Å². The number of piperazine rings is 1. The van der Waals surface area contributed by atoms with Crippen LogP contribution in [0.1, 0.15) is 16.2 Å². The smallest absolute Gasteiger partial charge is 0.276 e. The SMILES string of the molecule is O=C(c1cc(-c2cccnc2)on1)N1CCN(Cc2csc(-c3ccccc3)n2)CC1. The second kappa shape index (κ2) is 8.79. The maximum absolute atomic E-state index is 12.8. The molecule has 0 unspecified atom stereocenters. The molecule has 8 heteroatoms. The molecule has 1 amide bonds. The number of nitrogens with zero attached hydrogens (tertiary/aromatic N) is 5. The zero-order valence-electron chi connectivity index (χ0n) is 16.8. The van der Waals surface area contributed by atoms with Crippen molar-refractivity contribution in [1.29, 1.82) is 0 Å². The molecule has 4 aromatic rings. The molecule has 0 aliphatic carbocycles. The molecule has 7 nitrogen and oxygen atoms in total. The van der Waals surface area contributed by atoms with Crippen molar-refractivity contribution in [2.24, 2.45) is 0 Å². The molecular weight excluding hydrogens is 410 g/mol. The Bertz CT molecular complexity index is 1150. The number of carbonyl (C=O) groups is 1. The van der Waals surface area contributed by atoms with Crippen LogP contribution < -0.4 is 0 Å². The Morgan fingerprint density at radius 2 is 1.84 bits per heavy atom. The first kappa shape index (κ1) is 19.6. The largest absolute Gasteiger partial charge is 0.355 e. The predicted octanol–water partition coefficient (Wildman–Crippen LogP) is 3.82. The molecule has 5 rings (SSSR count). The maximum Gasteiger partial charge on any atom is 0.276 e. The monoisotopic (exact) mass is 431 g/mol. The summed E-state index contributed by atoms with van der Waals surface area (Å²) in [6, 6.07) is 15.6. The van der Waals surface area contributed by atoms with E-state index in [2.05, 4.69) is 32.6 Å². The van der Waals surface area contributed by atoms with Crippen LogP contribution in [-0.4, -0.2) is 57.0 Å². The average Bonchev–Trinajstić information content (AvgIpc) is 3.51. The van der Waals surface area contributed by atoms with Gasteiger partial charge in [-0.3, -0.25) is 14.7 Å². The van der Waals surface area contributed by atoms with Crippen LogP contribution >= 0.6 is 11.3 Å². The Hall–Kier alpha value is -3.36. The van der Waals surface area contributed by atoms with Crippen molar-refractivity contribution in [2.75, 3.05) is 26.2 Å². The topological polar surface area (TPSA) is 75.4 Å². The molecule has 1 aliphatic rings. The number of thiazole rings is 1. The number of aromatic nitrogens is 3. The molecule has 31 heavy (non-hydrogen) atoms. The molecule has 0 N–H and O–H groups in total. The van der Waals surface area contributed by atoms with E-state index < -0.39 is 0 Å². The van der Waals surface area contributed by atoms with Crippen LogP contribution in [0.3, 0.4) is 0 Å². The first-order valence-corrected chi connectivity index (χ1v) is 11.0.